The van der Waals surface area contributed by atoms with Crippen molar-refractivity contribution in [2.24, 2.45) is 10.9 Å². The van der Waals surface area contributed by atoms with Crippen molar-refractivity contribution in [1.29, 1.82) is 0 Å². The zero-order valence-electron chi connectivity index (χ0n) is 14.8. The largest absolute Gasteiger partial charge is 0.493 e. The van der Waals surface area contributed by atoms with Gasteiger partial charge in [0.05, 0.1) is 26.9 Å². The molecule has 0 aromatic heterocycles. The van der Waals surface area contributed by atoms with Crippen LogP contribution in [0.15, 0.2) is 23.2 Å². The molecule has 1 aromatic carbocycles. The Hall–Kier alpha value is -1.95. The lowest BCUT2D eigenvalue weighted by Gasteiger charge is -2.17. The molecule has 3 N–H and O–H groups in total. The number of methoxy groups -OCH3 is 2. The first-order valence-electron chi connectivity index (χ1n) is 8.59. The van der Waals surface area contributed by atoms with Crippen molar-refractivity contribution in [3.63, 3.8) is 0 Å². The van der Waals surface area contributed by atoms with Gasteiger partial charge in [-0.1, -0.05) is 12.5 Å². The number of hydrogen-bond donors (Lipinski definition) is 3. The van der Waals surface area contributed by atoms with E-state index in [1.54, 1.807) is 14.2 Å². The van der Waals surface area contributed by atoms with E-state index in [4.69, 9.17) is 9.47 Å². The maximum Gasteiger partial charge on any atom is 0.191 e. The third kappa shape index (κ3) is 5.03. The van der Waals surface area contributed by atoms with E-state index >= 15 is 0 Å². The van der Waals surface area contributed by atoms with Crippen molar-refractivity contribution < 1.29 is 14.6 Å². The highest BCUT2D eigenvalue weighted by Gasteiger charge is 2.24. The van der Waals surface area contributed by atoms with Crippen molar-refractivity contribution in [1.82, 2.24) is 10.6 Å². The average Bonchev–Trinajstić information content (AvgIpc) is 3.02. The third-order valence-electron chi connectivity index (χ3n) is 4.36. The summed E-state index contributed by atoms with van der Waals surface area (Å²) < 4.78 is 10.6. The quantitative estimate of drug-likeness (QED) is 0.524. The Labute approximate surface area is 144 Å². The van der Waals surface area contributed by atoms with Crippen LogP contribution in [0.5, 0.6) is 11.5 Å². The van der Waals surface area contributed by atoms with Gasteiger partial charge >= 0.3 is 0 Å². The number of benzene rings is 1. The second-order valence-electron chi connectivity index (χ2n) is 6.02. The number of aliphatic hydroxyl groups excluding tert-OH is 1. The molecule has 2 atom stereocenters. The molecule has 0 heterocycles. The molecule has 6 nitrogen and oxygen atoms in total. The summed E-state index contributed by atoms with van der Waals surface area (Å²) in [6, 6.07) is 5.81. The van der Waals surface area contributed by atoms with Crippen molar-refractivity contribution in [3.05, 3.63) is 23.8 Å². The first-order valence-corrected chi connectivity index (χ1v) is 8.59. The van der Waals surface area contributed by atoms with Crippen LogP contribution in [-0.2, 0) is 6.54 Å². The van der Waals surface area contributed by atoms with Crippen molar-refractivity contribution >= 4 is 5.96 Å². The molecule has 0 spiro atoms. The first-order chi connectivity index (χ1) is 11.7. The molecule has 0 radical (unpaired) electrons. The number of ether oxygens (including phenoxy) is 2. The predicted molar refractivity (Wildman–Crippen MR) is 95.7 cm³/mol. The van der Waals surface area contributed by atoms with Crippen LogP contribution in [0.25, 0.3) is 0 Å². The SMILES string of the molecule is CCNC(=NCc1ccc(OC)c(OC)c1)NCC1CCCC1O. The number of nitrogens with one attached hydrogen (secondary N) is 2. The molecule has 2 rings (SSSR count). The van der Waals surface area contributed by atoms with Crippen molar-refractivity contribution in [3.8, 4) is 11.5 Å². The Kier molecular flexibility index (Phi) is 7.18. The molecule has 0 amide bonds. The zero-order chi connectivity index (χ0) is 17.4. The number of nitrogens with zero attached hydrogens (tertiary/aromatic N) is 1. The minimum Gasteiger partial charge on any atom is -0.493 e. The average molecular weight is 335 g/mol. The Morgan fingerprint density at radius 2 is 2.00 bits per heavy atom. The maximum atomic E-state index is 9.92. The fraction of sp³-hybridized carbons (Fsp3) is 0.611. The van der Waals surface area contributed by atoms with Gasteiger partial charge in [0.15, 0.2) is 17.5 Å². The molecule has 0 saturated heterocycles. The minimum atomic E-state index is -0.189. The van der Waals surface area contributed by atoms with Crippen LogP contribution >= 0.6 is 0 Å². The second-order valence-corrected chi connectivity index (χ2v) is 6.02. The molecular formula is C18H29N3O3. The van der Waals surface area contributed by atoms with Gasteiger partial charge in [0, 0.05) is 19.0 Å². The van der Waals surface area contributed by atoms with Crippen molar-refractivity contribution in [2.75, 3.05) is 27.3 Å². The van der Waals surface area contributed by atoms with Gasteiger partial charge in [-0.15, -0.1) is 0 Å². The molecule has 1 fully saturated rings. The monoisotopic (exact) mass is 335 g/mol. The Morgan fingerprint density at radius 1 is 1.21 bits per heavy atom. The lowest BCUT2D eigenvalue weighted by Crippen LogP contribution is -2.41. The molecule has 1 aliphatic carbocycles. The highest BCUT2D eigenvalue weighted by Crippen LogP contribution is 2.28. The van der Waals surface area contributed by atoms with Gasteiger partial charge in [-0.05, 0) is 37.5 Å². The number of rotatable bonds is 7. The van der Waals surface area contributed by atoms with E-state index in [9.17, 15) is 5.11 Å². The molecule has 134 valence electrons. The van der Waals surface area contributed by atoms with Crippen LogP contribution in [-0.4, -0.2) is 44.5 Å². The first kappa shape index (κ1) is 18.4. The van der Waals surface area contributed by atoms with Gasteiger partial charge in [0.25, 0.3) is 0 Å². The summed E-state index contributed by atoms with van der Waals surface area (Å²) in [7, 11) is 3.25. The lowest BCUT2D eigenvalue weighted by atomic mass is 10.1. The summed E-state index contributed by atoms with van der Waals surface area (Å²) in [5.74, 6) is 2.50. The van der Waals surface area contributed by atoms with E-state index in [2.05, 4.69) is 15.6 Å². The topological polar surface area (TPSA) is 75.1 Å². The fourth-order valence-electron chi connectivity index (χ4n) is 2.97. The molecule has 0 aliphatic heterocycles. The summed E-state index contributed by atoms with van der Waals surface area (Å²) in [4.78, 5) is 4.62. The summed E-state index contributed by atoms with van der Waals surface area (Å²) in [6.45, 7) is 4.13. The van der Waals surface area contributed by atoms with E-state index in [-0.39, 0.29) is 6.10 Å². The summed E-state index contributed by atoms with van der Waals surface area (Å²) in [6.07, 6.45) is 2.90. The smallest absolute Gasteiger partial charge is 0.191 e. The van der Waals surface area contributed by atoms with E-state index < -0.39 is 0 Å². The van der Waals surface area contributed by atoms with Gasteiger partial charge in [-0.25, -0.2) is 4.99 Å². The fourth-order valence-corrected chi connectivity index (χ4v) is 2.97. The third-order valence-corrected chi connectivity index (χ3v) is 4.36. The van der Waals surface area contributed by atoms with Crippen LogP contribution in [0, 0.1) is 5.92 Å². The number of aliphatic imine (C=N–C) groups is 1. The van der Waals surface area contributed by atoms with Gasteiger partial charge < -0.3 is 25.2 Å². The molecule has 2 unspecified atom stereocenters. The van der Waals surface area contributed by atoms with Crippen LogP contribution < -0.4 is 20.1 Å². The van der Waals surface area contributed by atoms with E-state index in [1.165, 1.54) is 0 Å². The highest BCUT2D eigenvalue weighted by molar-refractivity contribution is 5.79. The van der Waals surface area contributed by atoms with Gasteiger partial charge in [0.2, 0.25) is 0 Å². The highest BCUT2D eigenvalue weighted by atomic mass is 16.5. The van der Waals surface area contributed by atoms with E-state index in [0.29, 0.717) is 24.0 Å². The molecule has 0 bridgehead atoms. The Bertz CT molecular complexity index is 548. The molecule has 1 saturated carbocycles. The molecule has 6 heteroatoms. The maximum absolute atomic E-state index is 9.92. The molecule has 24 heavy (non-hydrogen) atoms. The second kappa shape index (κ2) is 9.37. The number of hydrogen-bond acceptors (Lipinski definition) is 4. The molecule has 1 aliphatic rings. The molecular weight excluding hydrogens is 306 g/mol. The van der Waals surface area contributed by atoms with Gasteiger partial charge in [-0.2, -0.15) is 0 Å². The minimum absolute atomic E-state index is 0.189. The van der Waals surface area contributed by atoms with Gasteiger partial charge in [-0.3, -0.25) is 0 Å². The summed E-state index contributed by atoms with van der Waals surface area (Å²) in [5, 5.41) is 16.5. The summed E-state index contributed by atoms with van der Waals surface area (Å²) >= 11 is 0. The van der Waals surface area contributed by atoms with Crippen LogP contribution in [0.2, 0.25) is 0 Å². The van der Waals surface area contributed by atoms with E-state index in [1.807, 2.05) is 25.1 Å². The van der Waals surface area contributed by atoms with Crippen LogP contribution in [0.3, 0.4) is 0 Å². The number of aliphatic hydroxyl groups is 1. The van der Waals surface area contributed by atoms with Gasteiger partial charge in [0.1, 0.15) is 0 Å². The lowest BCUT2D eigenvalue weighted by molar-refractivity contribution is 0.134. The standard InChI is InChI=1S/C18H29N3O3/c1-4-19-18(21-12-14-6-5-7-15(14)22)20-11-13-8-9-16(23-2)17(10-13)24-3/h8-10,14-15,22H,4-7,11-12H2,1-3H3,(H2,19,20,21). The van der Waals surface area contributed by atoms with E-state index in [0.717, 1.165) is 43.9 Å². The van der Waals surface area contributed by atoms with Crippen LogP contribution in [0.1, 0.15) is 31.7 Å². The number of guanidine groups is 1. The Morgan fingerprint density at radius 3 is 2.62 bits per heavy atom. The molecule has 1 aromatic rings. The van der Waals surface area contributed by atoms with Crippen LogP contribution in [0.4, 0.5) is 0 Å². The predicted octanol–water partition coefficient (Wildman–Crippen LogP) is 1.92. The summed E-state index contributed by atoms with van der Waals surface area (Å²) in [5.41, 5.74) is 1.05. The normalized spacial score (nSPS) is 20.8. The zero-order valence-corrected chi connectivity index (χ0v) is 14.8. The Balaban J connectivity index is 1.97. The van der Waals surface area contributed by atoms with Crippen molar-refractivity contribution in [2.45, 2.75) is 38.8 Å².